The Morgan fingerprint density at radius 3 is 2.19 bits per heavy atom. The summed E-state index contributed by atoms with van der Waals surface area (Å²) in [4.78, 5) is 40.2. The van der Waals surface area contributed by atoms with E-state index >= 15 is 0 Å². The Morgan fingerprint density at radius 2 is 1.62 bits per heavy atom. The van der Waals surface area contributed by atoms with Crippen LogP contribution in [0.2, 0.25) is 10.0 Å². The van der Waals surface area contributed by atoms with E-state index in [0.717, 1.165) is 27.3 Å². The smallest absolute Gasteiger partial charge is 0.326 e. The number of halogens is 2. The van der Waals surface area contributed by atoms with E-state index in [4.69, 9.17) is 27.9 Å². The van der Waals surface area contributed by atoms with E-state index in [1.54, 1.807) is 18.1 Å². The average molecular weight is 628 g/mol. The highest BCUT2D eigenvalue weighted by Crippen LogP contribution is 2.35. The van der Waals surface area contributed by atoms with E-state index in [1.165, 1.54) is 17.8 Å². The fourth-order valence-corrected chi connectivity index (χ4v) is 5.98. The number of hydrogen-bond donors (Lipinski definition) is 2. The molecule has 0 bridgehead atoms. The van der Waals surface area contributed by atoms with E-state index in [0.29, 0.717) is 41.5 Å². The highest BCUT2D eigenvalue weighted by Gasteiger charge is 2.29. The fourth-order valence-electron chi connectivity index (χ4n) is 4.80. The van der Waals surface area contributed by atoms with Crippen LogP contribution in [0.3, 0.4) is 0 Å². The molecule has 1 aliphatic heterocycles. The quantitative estimate of drug-likeness (QED) is 0.198. The molecule has 0 aliphatic carbocycles. The summed E-state index contributed by atoms with van der Waals surface area (Å²) in [5, 5.41) is 13.3. The molecule has 42 heavy (non-hydrogen) atoms. The van der Waals surface area contributed by atoms with Gasteiger partial charge in [0.05, 0.1) is 17.2 Å². The van der Waals surface area contributed by atoms with Crippen LogP contribution in [0.4, 0.5) is 0 Å². The van der Waals surface area contributed by atoms with Gasteiger partial charge in [0.1, 0.15) is 11.8 Å². The summed E-state index contributed by atoms with van der Waals surface area (Å²) in [6, 6.07) is 17.9. The van der Waals surface area contributed by atoms with Crippen LogP contribution in [0.25, 0.3) is 17.2 Å². The first-order chi connectivity index (χ1) is 20.2. The number of ether oxygens (including phenoxy) is 1. The number of methoxy groups -OCH3 is 1. The molecule has 1 heterocycles. The molecule has 10 heteroatoms. The first-order valence-electron chi connectivity index (χ1n) is 13.5. The standard InChI is InChI=1S/C32H32Cl2N2O5S/c1-41-25-11-7-22(8-12-25)21-5-3-20(4-6-21)19-26(32(39)40)35-31(38)24-15-17-36(18-16-24)28(37)14-10-23-9-13-27(42-2)30(34)29(23)33/h3-14,24,26H,15-19H2,1-2H3,(H,35,38)(H,39,40). The minimum absolute atomic E-state index is 0.163. The van der Waals surface area contributed by atoms with Gasteiger partial charge in [-0.15, -0.1) is 11.8 Å². The third-order valence-electron chi connectivity index (χ3n) is 7.31. The lowest BCUT2D eigenvalue weighted by Gasteiger charge is -2.31. The molecule has 3 aromatic rings. The second-order valence-electron chi connectivity index (χ2n) is 9.95. The van der Waals surface area contributed by atoms with Crippen LogP contribution in [-0.2, 0) is 20.8 Å². The molecule has 1 unspecified atom stereocenters. The predicted molar refractivity (Wildman–Crippen MR) is 168 cm³/mol. The Morgan fingerprint density at radius 1 is 1.00 bits per heavy atom. The van der Waals surface area contributed by atoms with Crippen LogP contribution in [0.1, 0.15) is 24.0 Å². The third-order valence-corrected chi connectivity index (χ3v) is 9.10. The zero-order chi connectivity index (χ0) is 30.2. The van der Waals surface area contributed by atoms with Crippen LogP contribution in [0.5, 0.6) is 5.75 Å². The molecule has 3 aromatic carbocycles. The largest absolute Gasteiger partial charge is 0.497 e. The monoisotopic (exact) mass is 626 g/mol. The Hall–Kier alpha value is -3.46. The normalized spacial score (nSPS) is 14.5. The zero-order valence-electron chi connectivity index (χ0n) is 23.3. The van der Waals surface area contributed by atoms with Gasteiger partial charge in [-0.3, -0.25) is 9.59 Å². The van der Waals surface area contributed by atoms with E-state index in [-0.39, 0.29) is 24.2 Å². The fraction of sp³-hybridized carbons (Fsp3) is 0.281. The number of piperidine rings is 1. The average Bonchev–Trinajstić information content (AvgIpc) is 3.01. The SMILES string of the molecule is COc1ccc(-c2ccc(CC(NC(=O)C3CCN(C(=O)C=Cc4ccc(SC)c(Cl)c4Cl)CC3)C(=O)O)cc2)cc1. The Kier molecular flexibility index (Phi) is 11.0. The van der Waals surface area contributed by atoms with Crippen molar-refractivity contribution in [2.45, 2.75) is 30.2 Å². The summed E-state index contributed by atoms with van der Waals surface area (Å²) in [5.74, 6) is -1.19. The minimum Gasteiger partial charge on any atom is -0.497 e. The molecule has 0 saturated carbocycles. The number of amides is 2. The van der Waals surface area contributed by atoms with Gasteiger partial charge in [-0.2, -0.15) is 0 Å². The Bertz CT molecular complexity index is 1450. The van der Waals surface area contributed by atoms with Gasteiger partial charge in [0.25, 0.3) is 0 Å². The first kappa shape index (κ1) is 31.5. The first-order valence-corrected chi connectivity index (χ1v) is 15.4. The number of carbonyl (C=O) groups is 3. The number of hydrogen-bond acceptors (Lipinski definition) is 5. The summed E-state index contributed by atoms with van der Waals surface area (Å²) in [5.41, 5.74) is 3.46. The Balaban J connectivity index is 1.29. The van der Waals surface area contributed by atoms with Gasteiger partial charge >= 0.3 is 5.97 Å². The van der Waals surface area contributed by atoms with Crippen molar-refractivity contribution in [2.24, 2.45) is 5.92 Å². The maximum atomic E-state index is 13.0. The summed E-state index contributed by atoms with van der Waals surface area (Å²) < 4.78 is 5.20. The Labute approximate surface area is 259 Å². The van der Waals surface area contributed by atoms with Crippen molar-refractivity contribution in [1.82, 2.24) is 10.2 Å². The predicted octanol–water partition coefficient (Wildman–Crippen LogP) is 6.45. The van der Waals surface area contributed by atoms with Crippen molar-refractivity contribution >= 4 is 58.8 Å². The highest BCUT2D eigenvalue weighted by molar-refractivity contribution is 7.98. The van der Waals surface area contributed by atoms with Crippen LogP contribution in [0.15, 0.2) is 71.6 Å². The molecular weight excluding hydrogens is 595 g/mol. The van der Waals surface area contributed by atoms with Gasteiger partial charge < -0.3 is 20.1 Å². The second-order valence-corrected chi connectivity index (χ2v) is 11.6. The molecule has 1 atom stereocenters. The van der Waals surface area contributed by atoms with Gasteiger partial charge in [-0.1, -0.05) is 65.7 Å². The van der Waals surface area contributed by atoms with Crippen molar-refractivity contribution in [3.8, 4) is 16.9 Å². The number of carboxylic acid groups (broad SMARTS) is 1. The van der Waals surface area contributed by atoms with Crippen LogP contribution in [0, 0.1) is 5.92 Å². The van der Waals surface area contributed by atoms with Crippen LogP contribution in [-0.4, -0.2) is 60.3 Å². The summed E-state index contributed by atoms with van der Waals surface area (Å²) >= 11 is 14.1. The maximum Gasteiger partial charge on any atom is 0.326 e. The lowest BCUT2D eigenvalue weighted by atomic mass is 9.94. The second kappa shape index (κ2) is 14.6. The van der Waals surface area contributed by atoms with Gasteiger partial charge in [-0.25, -0.2) is 4.79 Å². The molecule has 7 nitrogen and oxygen atoms in total. The lowest BCUT2D eigenvalue weighted by molar-refractivity contribution is -0.142. The number of aliphatic carboxylic acids is 1. The van der Waals surface area contributed by atoms with Gasteiger partial charge in [0.15, 0.2) is 0 Å². The molecule has 1 saturated heterocycles. The molecule has 0 radical (unpaired) electrons. The van der Waals surface area contributed by atoms with Crippen LogP contribution < -0.4 is 10.1 Å². The lowest BCUT2D eigenvalue weighted by Crippen LogP contribution is -2.48. The van der Waals surface area contributed by atoms with Crippen molar-refractivity contribution in [3.05, 3.63) is 87.9 Å². The minimum atomic E-state index is -1.09. The van der Waals surface area contributed by atoms with Gasteiger partial charge in [-0.05, 0) is 65.6 Å². The van der Waals surface area contributed by atoms with Gasteiger partial charge in [0.2, 0.25) is 11.8 Å². The maximum absolute atomic E-state index is 13.0. The van der Waals surface area contributed by atoms with Crippen molar-refractivity contribution < 1.29 is 24.2 Å². The van der Waals surface area contributed by atoms with E-state index < -0.39 is 12.0 Å². The molecule has 220 valence electrons. The number of carbonyl (C=O) groups excluding carboxylic acids is 2. The number of rotatable bonds is 10. The highest BCUT2D eigenvalue weighted by atomic mass is 35.5. The third kappa shape index (κ3) is 7.88. The summed E-state index contributed by atoms with van der Waals surface area (Å²) in [7, 11) is 1.62. The van der Waals surface area contributed by atoms with Crippen molar-refractivity contribution in [2.75, 3.05) is 26.5 Å². The number of nitrogens with one attached hydrogen (secondary N) is 1. The van der Waals surface area contributed by atoms with E-state index in [2.05, 4.69) is 5.32 Å². The molecule has 2 amide bonds. The van der Waals surface area contributed by atoms with Gasteiger partial charge in [0, 0.05) is 36.4 Å². The topological polar surface area (TPSA) is 95.9 Å². The van der Waals surface area contributed by atoms with Crippen LogP contribution >= 0.6 is 35.0 Å². The number of thioether (sulfide) groups is 1. The van der Waals surface area contributed by atoms with E-state index in [9.17, 15) is 19.5 Å². The summed E-state index contributed by atoms with van der Waals surface area (Å²) in [6.45, 7) is 0.789. The molecule has 1 aliphatic rings. The molecule has 2 N–H and O–H groups in total. The zero-order valence-corrected chi connectivity index (χ0v) is 25.6. The summed E-state index contributed by atoms with van der Waals surface area (Å²) in [6.07, 6.45) is 6.06. The van der Waals surface area contributed by atoms with E-state index in [1.807, 2.05) is 66.9 Å². The number of carboxylic acids is 1. The number of benzene rings is 3. The molecule has 0 aromatic heterocycles. The molecular formula is C32H32Cl2N2O5S. The number of nitrogens with zero attached hydrogens (tertiary/aromatic N) is 1. The molecule has 1 fully saturated rings. The number of likely N-dealkylation sites (tertiary alicyclic amines) is 1. The molecule has 0 spiro atoms. The van der Waals surface area contributed by atoms with Crippen molar-refractivity contribution in [3.63, 3.8) is 0 Å². The molecule has 4 rings (SSSR count). The van der Waals surface area contributed by atoms with Crippen molar-refractivity contribution in [1.29, 1.82) is 0 Å².